The maximum Gasteiger partial charge on any atom is 0.471 e. The van der Waals surface area contributed by atoms with E-state index >= 15 is 0 Å². The molecule has 256 valence electrons. The van der Waals surface area contributed by atoms with E-state index in [0.29, 0.717) is 22.3 Å². The second-order valence-corrected chi connectivity index (χ2v) is 10.3. The maximum atomic E-state index is 12.2. The van der Waals surface area contributed by atoms with E-state index in [1.165, 1.54) is 12.1 Å². The molecule has 4 amide bonds. The number of amides is 4. The Kier molecular flexibility index (Phi) is 14.6. The van der Waals surface area contributed by atoms with Crippen molar-refractivity contribution in [2.75, 3.05) is 6.54 Å². The Morgan fingerprint density at radius 2 is 1.06 bits per heavy atom. The SMILES string of the molecule is Cc1ccc(CNC(=O)C(F)(F)F)cc1.N#Cc1ccc(CNC(=O)CNC(=O)C(N)Cc2ccc(CNC(=O)C(F)(F)F)cc2)cc1. The van der Waals surface area contributed by atoms with Gasteiger partial charge in [-0.2, -0.15) is 31.6 Å². The van der Waals surface area contributed by atoms with Gasteiger partial charge in [0, 0.05) is 19.6 Å². The molecule has 0 aromatic heterocycles. The van der Waals surface area contributed by atoms with Crippen LogP contribution in [0.15, 0.2) is 72.8 Å². The van der Waals surface area contributed by atoms with E-state index < -0.39 is 42.0 Å². The average Bonchev–Trinajstić information content (AvgIpc) is 3.04. The highest BCUT2D eigenvalue weighted by molar-refractivity contribution is 5.87. The van der Waals surface area contributed by atoms with Crippen LogP contribution >= 0.6 is 0 Å². The van der Waals surface area contributed by atoms with Crippen molar-refractivity contribution in [2.45, 2.75) is 51.4 Å². The molecule has 48 heavy (non-hydrogen) atoms. The molecule has 3 aromatic carbocycles. The lowest BCUT2D eigenvalue weighted by Gasteiger charge is -2.13. The average molecular weight is 679 g/mol. The van der Waals surface area contributed by atoms with Crippen molar-refractivity contribution in [2.24, 2.45) is 5.73 Å². The predicted octanol–water partition coefficient (Wildman–Crippen LogP) is 3.21. The van der Waals surface area contributed by atoms with E-state index in [1.54, 1.807) is 71.3 Å². The molecule has 16 heteroatoms. The van der Waals surface area contributed by atoms with Gasteiger partial charge in [0.25, 0.3) is 0 Å². The summed E-state index contributed by atoms with van der Waals surface area (Å²) in [6.45, 7) is 1.45. The minimum atomic E-state index is -4.94. The standard InChI is InChI=1S/C22H22F3N5O3.C10H10F3NO/c23-22(24,25)21(33)30-12-17-5-1-14(2-6-17)9-18(27)20(32)29-13-19(31)28-11-16-7-3-15(10-26)4-8-16;1-7-2-4-8(5-3-7)6-14-9(15)10(11,12)13/h1-8,18H,9,11-13,27H2,(H,28,31)(H,29,32)(H,30,33);2-5H,6H2,1H3,(H,14,15). The van der Waals surface area contributed by atoms with Gasteiger partial charge in [-0.3, -0.25) is 19.2 Å². The molecule has 0 aliphatic carbocycles. The Morgan fingerprint density at radius 1 is 0.667 bits per heavy atom. The van der Waals surface area contributed by atoms with E-state index in [-0.39, 0.29) is 32.6 Å². The molecule has 0 heterocycles. The van der Waals surface area contributed by atoms with Crippen LogP contribution in [0.2, 0.25) is 0 Å². The van der Waals surface area contributed by atoms with Crippen LogP contribution in [0, 0.1) is 18.3 Å². The summed E-state index contributed by atoms with van der Waals surface area (Å²) in [5.41, 5.74) is 9.93. The lowest BCUT2D eigenvalue weighted by Crippen LogP contribution is -2.45. The Bertz CT molecular complexity index is 1570. The zero-order chi connectivity index (χ0) is 35.9. The summed E-state index contributed by atoms with van der Waals surface area (Å²) in [5.74, 6) is -4.88. The third-order valence-corrected chi connectivity index (χ3v) is 6.35. The fourth-order valence-corrected chi connectivity index (χ4v) is 3.67. The number of nitrogens with two attached hydrogens (primary N) is 1. The lowest BCUT2D eigenvalue weighted by atomic mass is 10.0. The first-order valence-corrected chi connectivity index (χ1v) is 14.1. The van der Waals surface area contributed by atoms with Crippen LogP contribution in [-0.4, -0.2) is 48.6 Å². The van der Waals surface area contributed by atoms with Gasteiger partial charge in [0.2, 0.25) is 11.8 Å². The number of carbonyl (C=O) groups excluding carboxylic acids is 4. The fraction of sp³-hybridized carbons (Fsp3) is 0.281. The predicted molar refractivity (Wildman–Crippen MR) is 161 cm³/mol. The van der Waals surface area contributed by atoms with Crippen molar-refractivity contribution in [1.82, 2.24) is 21.3 Å². The van der Waals surface area contributed by atoms with E-state index in [4.69, 9.17) is 11.0 Å². The Labute approximate surface area is 271 Å². The highest BCUT2D eigenvalue weighted by Gasteiger charge is 2.38. The molecule has 1 atom stereocenters. The number of halogens is 6. The number of benzene rings is 3. The molecule has 6 N–H and O–H groups in total. The number of carbonyl (C=O) groups is 4. The molecule has 0 radical (unpaired) electrons. The topological polar surface area (TPSA) is 166 Å². The van der Waals surface area contributed by atoms with Crippen LogP contribution in [0.3, 0.4) is 0 Å². The number of hydrogen-bond donors (Lipinski definition) is 5. The highest BCUT2D eigenvalue weighted by Crippen LogP contribution is 2.16. The van der Waals surface area contributed by atoms with Gasteiger partial charge in [0.05, 0.1) is 24.2 Å². The normalized spacial score (nSPS) is 11.6. The third-order valence-electron chi connectivity index (χ3n) is 6.35. The number of aryl methyl sites for hydroxylation is 1. The molecular weight excluding hydrogens is 646 g/mol. The van der Waals surface area contributed by atoms with Gasteiger partial charge in [0.15, 0.2) is 0 Å². The van der Waals surface area contributed by atoms with E-state index in [2.05, 4.69) is 10.6 Å². The van der Waals surface area contributed by atoms with E-state index in [1.807, 2.05) is 13.0 Å². The van der Waals surface area contributed by atoms with Crippen LogP contribution in [0.4, 0.5) is 26.3 Å². The molecule has 0 saturated heterocycles. The van der Waals surface area contributed by atoms with Crippen LogP contribution < -0.4 is 27.0 Å². The van der Waals surface area contributed by atoms with Gasteiger partial charge >= 0.3 is 24.2 Å². The van der Waals surface area contributed by atoms with Crippen molar-refractivity contribution < 1.29 is 45.5 Å². The number of rotatable bonds is 11. The second-order valence-electron chi connectivity index (χ2n) is 10.3. The molecule has 3 rings (SSSR count). The Balaban J connectivity index is 0.000000444. The Hall–Kier alpha value is -5.43. The van der Waals surface area contributed by atoms with Gasteiger partial charge in [-0.05, 0) is 47.7 Å². The summed E-state index contributed by atoms with van der Waals surface area (Å²) in [5, 5.41) is 17.4. The zero-order valence-electron chi connectivity index (χ0n) is 25.5. The molecule has 0 spiro atoms. The molecule has 1 unspecified atom stereocenters. The summed E-state index contributed by atoms with van der Waals surface area (Å²) in [6, 6.07) is 20.9. The Morgan fingerprint density at radius 3 is 1.50 bits per heavy atom. The lowest BCUT2D eigenvalue weighted by molar-refractivity contribution is -0.173. The largest absolute Gasteiger partial charge is 0.471 e. The molecule has 3 aromatic rings. The first kappa shape index (κ1) is 38.8. The minimum Gasteiger partial charge on any atom is -0.350 e. The molecular formula is C32H32F6N6O4. The number of hydrogen-bond acceptors (Lipinski definition) is 6. The van der Waals surface area contributed by atoms with Crippen LogP contribution in [0.5, 0.6) is 0 Å². The number of alkyl halides is 6. The zero-order valence-corrected chi connectivity index (χ0v) is 25.5. The van der Waals surface area contributed by atoms with Gasteiger partial charge in [-0.25, -0.2) is 0 Å². The number of nitrogens with zero attached hydrogens (tertiary/aromatic N) is 1. The van der Waals surface area contributed by atoms with E-state index in [0.717, 1.165) is 11.1 Å². The molecule has 0 bridgehead atoms. The monoisotopic (exact) mass is 678 g/mol. The van der Waals surface area contributed by atoms with Crippen molar-refractivity contribution in [3.8, 4) is 6.07 Å². The molecule has 0 saturated carbocycles. The first-order chi connectivity index (χ1) is 22.5. The van der Waals surface area contributed by atoms with Crippen molar-refractivity contribution in [1.29, 1.82) is 5.26 Å². The summed E-state index contributed by atoms with van der Waals surface area (Å²) >= 11 is 0. The van der Waals surface area contributed by atoms with E-state index in [9.17, 15) is 45.5 Å². The number of nitriles is 1. The maximum absolute atomic E-state index is 12.2. The van der Waals surface area contributed by atoms with Crippen molar-refractivity contribution in [3.63, 3.8) is 0 Å². The smallest absolute Gasteiger partial charge is 0.350 e. The molecule has 0 aliphatic rings. The van der Waals surface area contributed by atoms with Gasteiger partial charge in [-0.15, -0.1) is 0 Å². The molecule has 0 fully saturated rings. The fourth-order valence-electron chi connectivity index (χ4n) is 3.67. The molecule has 10 nitrogen and oxygen atoms in total. The molecule has 0 aliphatic heterocycles. The highest BCUT2D eigenvalue weighted by atomic mass is 19.4. The third kappa shape index (κ3) is 14.3. The van der Waals surface area contributed by atoms with Crippen molar-refractivity contribution >= 4 is 23.6 Å². The summed E-state index contributed by atoms with van der Waals surface area (Å²) < 4.78 is 72.0. The van der Waals surface area contributed by atoms with Crippen LogP contribution in [0.25, 0.3) is 0 Å². The summed E-state index contributed by atoms with van der Waals surface area (Å²) in [7, 11) is 0. The minimum absolute atomic E-state index is 0.112. The number of nitrogens with one attached hydrogen (secondary N) is 4. The quantitative estimate of drug-likeness (QED) is 0.196. The van der Waals surface area contributed by atoms with Gasteiger partial charge in [-0.1, -0.05) is 66.2 Å². The summed E-state index contributed by atoms with van der Waals surface area (Å²) in [6.07, 6.45) is -9.61. The second kappa shape index (κ2) is 18.0. The van der Waals surface area contributed by atoms with Gasteiger partial charge in [0.1, 0.15) is 0 Å². The van der Waals surface area contributed by atoms with Gasteiger partial charge < -0.3 is 27.0 Å². The van der Waals surface area contributed by atoms with Crippen molar-refractivity contribution in [3.05, 3.63) is 106 Å². The summed E-state index contributed by atoms with van der Waals surface area (Å²) in [4.78, 5) is 45.4. The van der Waals surface area contributed by atoms with Crippen LogP contribution in [-0.2, 0) is 45.2 Å². The first-order valence-electron chi connectivity index (χ1n) is 14.1. The van der Waals surface area contributed by atoms with Crippen LogP contribution in [0.1, 0.15) is 33.4 Å².